The highest BCUT2D eigenvalue weighted by atomic mass is 19.4. The third-order valence-electron chi connectivity index (χ3n) is 4.89. The molecule has 2 aromatic rings. The topological polar surface area (TPSA) is 73.8 Å². The molecule has 0 bridgehead atoms. The van der Waals surface area contributed by atoms with Gasteiger partial charge in [-0.25, -0.2) is 4.39 Å². The van der Waals surface area contributed by atoms with Gasteiger partial charge < -0.3 is 5.73 Å². The lowest BCUT2D eigenvalue weighted by molar-refractivity contribution is -0.118. The molecule has 1 aliphatic carbocycles. The summed E-state index contributed by atoms with van der Waals surface area (Å²) in [5, 5.41) is 4.49. The van der Waals surface area contributed by atoms with Crippen LogP contribution in [0.4, 0.5) is 17.6 Å². The molecule has 3 heterocycles. The highest BCUT2D eigenvalue weighted by molar-refractivity contribution is 5.74. The Morgan fingerprint density at radius 1 is 1.28 bits per heavy atom. The number of hydrogen-bond donors (Lipinski definition) is 1. The van der Waals surface area contributed by atoms with Crippen molar-refractivity contribution in [2.24, 2.45) is 5.73 Å². The van der Waals surface area contributed by atoms with E-state index in [-0.39, 0.29) is 12.2 Å². The number of primary amides is 1. The number of fused-ring (bicyclic) bond motifs is 1. The van der Waals surface area contributed by atoms with Crippen molar-refractivity contribution in [1.29, 1.82) is 0 Å². The lowest BCUT2D eigenvalue weighted by atomic mass is 10.1. The van der Waals surface area contributed by atoms with E-state index in [4.69, 9.17) is 0 Å². The number of alkyl halides is 3. The second kappa shape index (κ2) is 8.34. The van der Waals surface area contributed by atoms with Gasteiger partial charge in [0, 0.05) is 41.4 Å². The summed E-state index contributed by atoms with van der Waals surface area (Å²) in [6, 6.07) is 3.90. The zero-order valence-electron chi connectivity index (χ0n) is 15.8. The molecule has 1 saturated carbocycles. The number of nitrogens with two attached hydrogens (primary N) is 1. The summed E-state index contributed by atoms with van der Waals surface area (Å²) in [4.78, 5) is 14.2. The highest BCUT2D eigenvalue weighted by Crippen LogP contribution is 2.40. The molecule has 4 rings (SSSR count). The number of hydrogen-bond acceptors (Lipinski definition) is 3. The van der Waals surface area contributed by atoms with Crippen molar-refractivity contribution in [3.8, 4) is 11.3 Å². The van der Waals surface area contributed by atoms with Gasteiger partial charge in [0.15, 0.2) is 5.82 Å². The number of rotatable bonds is 5. The van der Waals surface area contributed by atoms with E-state index in [2.05, 4.69) is 22.4 Å². The molecular formula is C20H22F4N4O. The van der Waals surface area contributed by atoms with E-state index >= 15 is 0 Å². The second-order valence-electron chi connectivity index (χ2n) is 7.28. The van der Waals surface area contributed by atoms with Gasteiger partial charge >= 0.3 is 6.18 Å². The van der Waals surface area contributed by atoms with E-state index in [1.165, 1.54) is 24.7 Å². The average molecular weight is 410 g/mol. The standard InChI is InChI=1S/C14H14FN3.C6H8F3NO/c15-12-8-16-13(9-3-4-9)7-11(12)14-6-10-2-1-5-18(10)17-14;1-4(6(7,8)9)2-3-5(10)11/h6-9H,1-5H2;1-3H2,(H2,10,11). The zero-order valence-corrected chi connectivity index (χ0v) is 15.8. The number of pyridine rings is 1. The molecular weight excluding hydrogens is 388 g/mol. The Morgan fingerprint density at radius 2 is 2.00 bits per heavy atom. The molecule has 0 aromatic carbocycles. The molecule has 0 unspecified atom stereocenters. The molecule has 2 aliphatic rings. The van der Waals surface area contributed by atoms with E-state index in [1.807, 2.05) is 16.8 Å². The number of allylic oxidation sites excluding steroid dienone is 1. The van der Waals surface area contributed by atoms with Crippen LogP contribution in [0.15, 0.2) is 30.5 Å². The fraction of sp³-hybridized carbons (Fsp3) is 0.450. The van der Waals surface area contributed by atoms with Crippen molar-refractivity contribution in [3.63, 3.8) is 0 Å². The summed E-state index contributed by atoms with van der Waals surface area (Å²) in [6.45, 7) is 3.72. The van der Waals surface area contributed by atoms with Gasteiger partial charge in [-0.15, -0.1) is 0 Å². The maximum atomic E-state index is 13.9. The number of carbonyl (C=O) groups is 1. The minimum absolute atomic E-state index is 0.267. The van der Waals surface area contributed by atoms with E-state index < -0.39 is 24.1 Å². The van der Waals surface area contributed by atoms with Gasteiger partial charge in [0.2, 0.25) is 5.91 Å². The Bertz CT molecular complexity index is 894. The van der Waals surface area contributed by atoms with Crippen LogP contribution in [0.5, 0.6) is 0 Å². The van der Waals surface area contributed by atoms with Crippen molar-refractivity contribution in [2.45, 2.75) is 57.2 Å². The van der Waals surface area contributed by atoms with Crippen molar-refractivity contribution in [1.82, 2.24) is 14.8 Å². The van der Waals surface area contributed by atoms with Crippen LogP contribution in [0.1, 0.15) is 49.4 Å². The Balaban J connectivity index is 0.000000191. The van der Waals surface area contributed by atoms with E-state index in [9.17, 15) is 22.4 Å². The first kappa shape index (κ1) is 21.0. The van der Waals surface area contributed by atoms with E-state index in [0.29, 0.717) is 11.5 Å². The average Bonchev–Trinajstić information content (AvgIpc) is 3.27. The first-order valence-corrected chi connectivity index (χ1v) is 9.41. The van der Waals surface area contributed by atoms with Crippen LogP contribution < -0.4 is 5.73 Å². The fourth-order valence-corrected chi connectivity index (χ4v) is 3.06. The van der Waals surface area contributed by atoms with Gasteiger partial charge in [0.25, 0.3) is 0 Å². The molecule has 9 heteroatoms. The molecule has 29 heavy (non-hydrogen) atoms. The second-order valence-corrected chi connectivity index (χ2v) is 7.28. The molecule has 2 N–H and O–H groups in total. The maximum Gasteiger partial charge on any atom is 0.412 e. The first-order chi connectivity index (χ1) is 13.6. The first-order valence-electron chi connectivity index (χ1n) is 9.41. The summed E-state index contributed by atoms with van der Waals surface area (Å²) in [7, 11) is 0. The van der Waals surface area contributed by atoms with E-state index in [1.54, 1.807) is 0 Å². The lowest BCUT2D eigenvalue weighted by Gasteiger charge is -2.07. The minimum atomic E-state index is -4.41. The molecule has 0 radical (unpaired) electrons. The van der Waals surface area contributed by atoms with Crippen molar-refractivity contribution < 1.29 is 22.4 Å². The Morgan fingerprint density at radius 3 is 2.59 bits per heavy atom. The molecule has 156 valence electrons. The molecule has 1 fully saturated rings. The van der Waals surface area contributed by atoms with Crippen molar-refractivity contribution in [3.05, 3.63) is 47.7 Å². The third-order valence-corrected chi connectivity index (χ3v) is 4.89. The predicted octanol–water partition coefficient (Wildman–Crippen LogP) is 4.28. The maximum absolute atomic E-state index is 13.9. The summed E-state index contributed by atoms with van der Waals surface area (Å²) >= 11 is 0. The molecule has 0 spiro atoms. The van der Waals surface area contributed by atoms with Crippen LogP contribution in [0.2, 0.25) is 0 Å². The van der Waals surface area contributed by atoms with Crippen LogP contribution in [0, 0.1) is 5.82 Å². The van der Waals surface area contributed by atoms with Gasteiger partial charge in [0.05, 0.1) is 11.9 Å². The highest BCUT2D eigenvalue weighted by Gasteiger charge is 2.31. The Hall–Kier alpha value is -2.71. The van der Waals surface area contributed by atoms with Crippen molar-refractivity contribution >= 4 is 5.91 Å². The summed E-state index contributed by atoms with van der Waals surface area (Å²) < 4.78 is 50.8. The normalized spacial score (nSPS) is 15.4. The van der Waals surface area contributed by atoms with E-state index in [0.717, 1.165) is 30.8 Å². The Labute approximate surface area is 165 Å². The molecule has 1 amide bonds. The van der Waals surface area contributed by atoms with Gasteiger partial charge in [-0.3, -0.25) is 14.5 Å². The molecule has 1 aliphatic heterocycles. The largest absolute Gasteiger partial charge is 0.412 e. The van der Waals surface area contributed by atoms with Crippen LogP contribution in [-0.4, -0.2) is 26.8 Å². The summed E-state index contributed by atoms with van der Waals surface area (Å²) in [5.41, 5.74) is 7.31. The number of carbonyl (C=O) groups excluding carboxylic acids is 1. The summed E-state index contributed by atoms with van der Waals surface area (Å²) in [6.07, 6.45) is 0.763. The summed E-state index contributed by atoms with van der Waals surface area (Å²) in [5.74, 6) is -0.481. The minimum Gasteiger partial charge on any atom is -0.370 e. The zero-order chi connectivity index (χ0) is 21.2. The predicted molar refractivity (Wildman–Crippen MR) is 99.3 cm³/mol. The van der Waals surface area contributed by atoms with Crippen molar-refractivity contribution in [2.75, 3.05) is 0 Å². The van der Waals surface area contributed by atoms with Crippen LogP contribution >= 0.6 is 0 Å². The van der Waals surface area contributed by atoms with Gasteiger partial charge in [0.1, 0.15) is 0 Å². The lowest BCUT2D eigenvalue weighted by Crippen LogP contribution is -2.15. The van der Waals surface area contributed by atoms with Gasteiger partial charge in [-0.05, 0) is 44.2 Å². The molecule has 0 atom stereocenters. The number of aryl methyl sites for hydroxylation is 2. The number of amides is 1. The van der Waals surface area contributed by atoms with Gasteiger partial charge in [-0.1, -0.05) is 6.58 Å². The number of nitrogens with zero attached hydrogens (tertiary/aromatic N) is 3. The Kier molecular flexibility index (Phi) is 6.04. The smallest absolute Gasteiger partial charge is 0.370 e. The number of aromatic nitrogens is 3. The van der Waals surface area contributed by atoms with Crippen LogP contribution in [0.25, 0.3) is 11.3 Å². The quantitative estimate of drug-likeness (QED) is 0.591. The van der Waals surface area contributed by atoms with Crippen LogP contribution in [0.3, 0.4) is 0 Å². The fourth-order valence-electron chi connectivity index (χ4n) is 3.06. The molecule has 2 aromatic heterocycles. The monoisotopic (exact) mass is 410 g/mol. The SMILES string of the molecule is C=C(CCC(N)=O)C(F)(F)F.Fc1cnc(C2CC2)cc1-c1cc2n(n1)CCC2. The third kappa shape index (κ3) is 5.42. The molecule has 5 nitrogen and oxygen atoms in total. The van der Waals surface area contributed by atoms with Gasteiger partial charge in [-0.2, -0.15) is 18.3 Å². The number of halogens is 4. The molecule has 0 saturated heterocycles. The van der Waals surface area contributed by atoms with Crippen LogP contribution in [-0.2, 0) is 17.8 Å².